The average molecular weight is 538 g/mol. The molecule has 0 spiro atoms. The fourth-order valence-corrected chi connectivity index (χ4v) is 7.38. The molecule has 0 radical (unpaired) electrons. The van der Waals surface area contributed by atoms with E-state index in [1.165, 1.54) is 43.8 Å². The minimum absolute atomic E-state index is 0.141. The Labute approximate surface area is 243 Å². The van der Waals surface area contributed by atoms with Crippen LogP contribution in [0, 0.1) is 0 Å². The fraction of sp³-hybridized carbons (Fsp3) is 0.0769. The van der Waals surface area contributed by atoms with Crippen LogP contribution in [-0.4, -0.2) is 14.8 Å². The number of fused-ring (bicyclic) bond motifs is 8. The predicted octanol–water partition coefficient (Wildman–Crippen LogP) is 9.85. The monoisotopic (exact) mass is 537 g/mol. The molecule has 0 bridgehead atoms. The number of hydrogen-bond acceptors (Lipinski definition) is 2. The zero-order chi connectivity index (χ0) is 28.0. The molecule has 3 nitrogen and oxygen atoms in total. The summed E-state index contributed by atoms with van der Waals surface area (Å²) in [5.74, 6) is 0.853. The minimum atomic E-state index is -0.141. The molecule has 1 aliphatic rings. The van der Waals surface area contributed by atoms with Crippen LogP contribution in [0.2, 0.25) is 0 Å². The van der Waals surface area contributed by atoms with E-state index in [2.05, 4.69) is 146 Å². The second-order valence-corrected chi connectivity index (χ2v) is 11.9. The lowest BCUT2D eigenvalue weighted by Gasteiger charge is -2.24. The molecular weight excluding hydrogens is 510 g/mol. The molecule has 1 aliphatic carbocycles. The zero-order valence-electron chi connectivity index (χ0n) is 23.5. The molecule has 0 unspecified atom stereocenters. The number of rotatable bonds is 2. The van der Waals surface area contributed by atoms with Crippen molar-refractivity contribution in [2.24, 2.45) is 0 Å². The van der Waals surface area contributed by atoms with Gasteiger partial charge in [-0.1, -0.05) is 123 Å². The predicted molar refractivity (Wildman–Crippen MR) is 174 cm³/mol. The van der Waals surface area contributed by atoms with E-state index in [1.807, 2.05) is 0 Å². The van der Waals surface area contributed by atoms with Crippen molar-refractivity contribution >= 4 is 43.4 Å². The van der Waals surface area contributed by atoms with E-state index in [1.54, 1.807) is 0 Å². The van der Waals surface area contributed by atoms with E-state index < -0.39 is 0 Å². The van der Waals surface area contributed by atoms with Crippen LogP contribution >= 0.6 is 0 Å². The second kappa shape index (κ2) is 8.37. The number of aromatic nitrogens is 3. The van der Waals surface area contributed by atoms with Gasteiger partial charge >= 0.3 is 0 Å². The Kier molecular flexibility index (Phi) is 4.67. The van der Waals surface area contributed by atoms with E-state index in [0.717, 1.165) is 38.9 Å². The molecule has 2 heterocycles. The molecule has 198 valence electrons. The molecule has 3 heteroatoms. The lowest BCUT2D eigenvalue weighted by molar-refractivity contribution is 0.661. The van der Waals surface area contributed by atoms with Crippen molar-refractivity contribution in [3.8, 4) is 28.2 Å². The molecule has 0 N–H and O–H groups in total. The van der Waals surface area contributed by atoms with Crippen molar-refractivity contribution in [2.45, 2.75) is 19.3 Å². The molecule has 0 aliphatic heterocycles. The van der Waals surface area contributed by atoms with E-state index in [9.17, 15) is 0 Å². The van der Waals surface area contributed by atoms with Crippen molar-refractivity contribution < 1.29 is 0 Å². The van der Waals surface area contributed by atoms with Gasteiger partial charge in [-0.15, -0.1) is 10.2 Å². The van der Waals surface area contributed by atoms with Crippen molar-refractivity contribution in [1.82, 2.24) is 14.8 Å². The van der Waals surface area contributed by atoms with Gasteiger partial charge in [0.15, 0.2) is 5.82 Å². The highest BCUT2D eigenvalue weighted by Gasteiger charge is 2.38. The average Bonchev–Trinajstić information content (AvgIpc) is 3.48. The number of nitrogens with zero attached hydrogens (tertiary/aromatic N) is 3. The van der Waals surface area contributed by atoms with Crippen LogP contribution < -0.4 is 0 Å². The van der Waals surface area contributed by atoms with Crippen LogP contribution in [0.3, 0.4) is 0 Å². The standard InChI is InChI=1S/C39H27N3/c1-39(2)33-20-9-7-14-26(33)28-18-11-19-31(36(28)39)37-29-16-5-6-17-30(29)38(41-40-37)42-34-21-10-8-15-27(34)32-22-24-12-3-4-13-25(24)23-35(32)42/h3-23H,1-2H3. The van der Waals surface area contributed by atoms with Gasteiger partial charge in [-0.3, -0.25) is 4.57 Å². The first-order valence-corrected chi connectivity index (χ1v) is 14.5. The summed E-state index contributed by atoms with van der Waals surface area (Å²) in [7, 11) is 0. The van der Waals surface area contributed by atoms with Crippen LogP contribution in [0.15, 0.2) is 127 Å². The van der Waals surface area contributed by atoms with Gasteiger partial charge in [0, 0.05) is 32.5 Å². The molecule has 8 aromatic rings. The Morgan fingerprint density at radius 1 is 0.500 bits per heavy atom. The largest absolute Gasteiger partial charge is 0.292 e. The third kappa shape index (κ3) is 3.05. The quantitative estimate of drug-likeness (QED) is 0.220. The summed E-state index contributed by atoms with van der Waals surface area (Å²) in [6.07, 6.45) is 0. The lowest BCUT2D eigenvalue weighted by Crippen LogP contribution is -2.16. The van der Waals surface area contributed by atoms with Gasteiger partial charge in [0.2, 0.25) is 0 Å². The number of benzene rings is 6. The lowest BCUT2D eigenvalue weighted by atomic mass is 9.79. The molecule has 0 fully saturated rings. The summed E-state index contributed by atoms with van der Waals surface area (Å²) in [5, 5.41) is 17.2. The maximum Gasteiger partial charge on any atom is 0.168 e. The maximum atomic E-state index is 5.04. The molecule has 0 saturated heterocycles. The SMILES string of the molecule is CC1(C)c2ccccc2-c2cccc(-c3nnc(-n4c5ccccc5c5cc6ccccc6cc54)c4ccccc34)c21. The van der Waals surface area contributed by atoms with Gasteiger partial charge in [0.05, 0.1) is 11.0 Å². The van der Waals surface area contributed by atoms with Crippen LogP contribution in [0.1, 0.15) is 25.0 Å². The van der Waals surface area contributed by atoms with Gasteiger partial charge in [-0.25, -0.2) is 0 Å². The Balaban J connectivity index is 1.35. The van der Waals surface area contributed by atoms with Crippen molar-refractivity contribution in [3.05, 3.63) is 139 Å². The summed E-state index contributed by atoms with van der Waals surface area (Å²) in [6.45, 7) is 4.65. The first kappa shape index (κ1) is 23.4. The van der Waals surface area contributed by atoms with Gasteiger partial charge in [-0.2, -0.15) is 0 Å². The van der Waals surface area contributed by atoms with Crippen LogP contribution in [0.4, 0.5) is 0 Å². The van der Waals surface area contributed by atoms with E-state index in [-0.39, 0.29) is 5.41 Å². The highest BCUT2D eigenvalue weighted by molar-refractivity contribution is 6.14. The molecule has 0 amide bonds. The summed E-state index contributed by atoms with van der Waals surface area (Å²) < 4.78 is 2.30. The molecular formula is C39H27N3. The molecule has 9 rings (SSSR count). The normalized spacial score (nSPS) is 13.7. The van der Waals surface area contributed by atoms with Crippen molar-refractivity contribution in [1.29, 1.82) is 0 Å². The van der Waals surface area contributed by atoms with E-state index in [4.69, 9.17) is 10.2 Å². The fourth-order valence-electron chi connectivity index (χ4n) is 7.38. The van der Waals surface area contributed by atoms with Crippen LogP contribution in [0.25, 0.3) is 71.6 Å². The Hall–Kier alpha value is -5.28. The Morgan fingerprint density at radius 3 is 2.00 bits per heavy atom. The first-order chi connectivity index (χ1) is 20.6. The molecule has 0 saturated carbocycles. The highest BCUT2D eigenvalue weighted by Crippen LogP contribution is 2.52. The Morgan fingerprint density at radius 2 is 1.14 bits per heavy atom. The van der Waals surface area contributed by atoms with E-state index >= 15 is 0 Å². The topological polar surface area (TPSA) is 30.7 Å². The molecule has 0 atom stereocenters. The van der Waals surface area contributed by atoms with Gasteiger partial charge < -0.3 is 0 Å². The second-order valence-electron chi connectivity index (χ2n) is 11.9. The summed E-state index contributed by atoms with van der Waals surface area (Å²) in [6, 6.07) is 45.8. The van der Waals surface area contributed by atoms with Gasteiger partial charge in [0.1, 0.15) is 5.69 Å². The summed E-state index contributed by atoms with van der Waals surface area (Å²) in [4.78, 5) is 0. The number of para-hydroxylation sites is 1. The van der Waals surface area contributed by atoms with Gasteiger partial charge in [0.25, 0.3) is 0 Å². The van der Waals surface area contributed by atoms with Crippen molar-refractivity contribution in [2.75, 3.05) is 0 Å². The minimum Gasteiger partial charge on any atom is -0.292 e. The molecule has 42 heavy (non-hydrogen) atoms. The molecule has 2 aromatic heterocycles. The smallest absolute Gasteiger partial charge is 0.168 e. The van der Waals surface area contributed by atoms with E-state index in [0.29, 0.717) is 0 Å². The third-order valence-corrected chi connectivity index (χ3v) is 9.25. The van der Waals surface area contributed by atoms with Crippen LogP contribution in [0.5, 0.6) is 0 Å². The third-order valence-electron chi connectivity index (χ3n) is 9.25. The van der Waals surface area contributed by atoms with Crippen molar-refractivity contribution in [3.63, 3.8) is 0 Å². The van der Waals surface area contributed by atoms with Gasteiger partial charge in [-0.05, 0) is 51.2 Å². The zero-order valence-corrected chi connectivity index (χ0v) is 23.5. The summed E-state index contributed by atoms with van der Waals surface area (Å²) in [5.41, 5.74) is 9.49. The summed E-state index contributed by atoms with van der Waals surface area (Å²) >= 11 is 0. The van der Waals surface area contributed by atoms with Crippen LogP contribution in [-0.2, 0) is 5.41 Å². The number of hydrogen-bond donors (Lipinski definition) is 0. The Bertz CT molecular complexity index is 2390. The molecule has 6 aromatic carbocycles. The first-order valence-electron chi connectivity index (χ1n) is 14.5. The highest BCUT2D eigenvalue weighted by atomic mass is 15.2. The maximum absolute atomic E-state index is 5.04.